The Morgan fingerprint density at radius 2 is 2.04 bits per heavy atom. The summed E-state index contributed by atoms with van der Waals surface area (Å²) < 4.78 is 1.18. The van der Waals surface area contributed by atoms with Crippen LogP contribution >= 0.6 is 22.9 Å². The Hall–Kier alpha value is -2.11. The lowest BCUT2D eigenvalue weighted by Crippen LogP contribution is -2.31. The summed E-state index contributed by atoms with van der Waals surface area (Å²) in [5.74, 6) is 0.603. The van der Waals surface area contributed by atoms with Crippen molar-refractivity contribution in [1.29, 1.82) is 0 Å². The van der Waals surface area contributed by atoms with E-state index in [1.807, 2.05) is 30.3 Å². The van der Waals surface area contributed by atoms with Crippen molar-refractivity contribution in [2.24, 2.45) is 5.92 Å². The highest BCUT2D eigenvalue weighted by Gasteiger charge is 2.23. The van der Waals surface area contributed by atoms with Crippen LogP contribution < -0.4 is 10.2 Å². The van der Waals surface area contributed by atoms with Crippen LogP contribution in [0.4, 0.5) is 5.69 Å². The van der Waals surface area contributed by atoms with E-state index in [2.05, 4.69) is 33.4 Å². The number of aryl methyl sites for hydroxylation is 1. The summed E-state index contributed by atoms with van der Waals surface area (Å²) in [4.78, 5) is 19.2. The summed E-state index contributed by atoms with van der Waals surface area (Å²) in [7, 11) is 0. The molecule has 0 saturated carbocycles. The molecule has 6 heteroatoms. The Bertz CT molecular complexity index is 892. The second-order valence-corrected chi connectivity index (χ2v) is 8.51. The topological polar surface area (TPSA) is 45.2 Å². The van der Waals surface area contributed by atoms with Gasteiger partial charge in [0.1, 0.15) is 0 Å². The molecule has 1 atom stereocenters. The first-order valence-corrected chi connectivity index (χ1v) is 10.5. The molecule has 1 aromatic heterocycles. The molecule has 0 spiro atoms. The second kappa shape index (κ2) is 8.28. The molecule has 1 fully saturated rings. The number of para-hydroxylation sites is 1. The van der Waals surface area contributed by atoms with Gasteiger partial charge in [0.15, 0.2) is 0 Å². The van der Waals surface area contributed by atoms with Gasteiger partial charge in [-0.2, -0.15) is 0 Å². The third-order valence-electron chi connectivity index (χ3n) is 4.97. The summed E-state index contributed by atoms with van der Waals surface area (Å²) in [6.07, 6.45) is 2.29. The lowest BCUT2D eigenvalue weighted by Gasteiger charge is -2.19. The molecule has 1 unspecified atom stereocenters. The Morgan fingerprint density at radius 3 is 2.85 bits per heavy atom. The van der Waals surface area contributed by atoms with Crippen molar-refractivity contribution in [1.82, 2.24) is 10.3 Å². The van der Waals surface area contributed by atoms with Crippen molar-refractivity contribution in [2.75, 3.05) is 24.5 Å². The number of nitrogens with one attached hydrogen (secondary N) is 1. The molecule has 0 bridgehead atoms. The van der Waals surface area contributed by atoms with Crippen LogP contribution in [0.1, 0.15) is 17.8 Å². The minimum absolute atomic E-state index is 0.110. The maximum absolute atomic E-state index is 12.2. The number of nitrogens with zero attached hydrogens (tertiary/aromatic N) is 2. The predicted octanol–water partition coefficient (Wildman–Crippen LogP) is 4.53. The first-order chi connectivity index (χ1) is 13.2. The number of carbonyl (C=O) groups excluding carboxylic acids is 1. The van der Waals surface area contributed by atoms with Crippen molar-refractivity contribution < 1.29 is 4.79 Å². The molecule has 1 N–H and O–H groups in total. The van der Waals surface area contributed by atoms with Crippen LogP contribution in [0.15, 0.2) is 48.5 Å². The highest BCUT2D eigenvalue weighted by atomic mass is 35.5. The minimum Gasteiger partial charge on any atom is -0.371 e. The summed E-state index contributed by atoms with van der Waals surface area (Å²) in [6.45, 7) is 2.73. The zero-order valence-electron chi connectivity index (χ0n) is 15.0. The number of carbonyl (C=O) groups is 1. The molecule has 4 nitrogen and oxygen atoms in total. The second-order valence-electron chi connectivity index (χ2n) is 6.96. The van der Waals surface area contributed by atoms with Crippen molar-refractivity contribution in [3.63, 3.8) is 0 Å². The Labute approximate surface area is 168 Å². The number of rotatable bonds is 6. The van der Waals surface area contributed by atoms with E-state index in [1.54, 1.807) is 11.3 Å². The van der Waals surface area contributed by atoms with Crippen LogP contribution in [0, 0.1) is 5.92 Å². The van der Waals surface area contributed by atoms with Crippen molar-refractivity contribution >= 4 is 44.7 Å². The number of fused-ring (bicyclic) bond motifs is 1. The molecule has 4 rings (SSSR count). The molecular formula is C21H22ClN3OS. The fraction of sp³-hybridized carbons (Fsp3) is 0.333. The van der Waals surface area contributed by atoms with Gasteiger partial charge in [0.05, 0.1) is 15.2 Å². The predicted molar refractivity (Wildman–Crippen MR) is 113 cm³/mol. The van der Waals surface area contributed by atoms with E-state index in [4.69, 9.17) is 11.6 Å². The lowest BCUT2D eigenvalue weighted by molar-refractivity contribution is -0.121. The summed E-state index contributed by atoms with van der Waals surface area (Å²) in [6, 6.07) is 16.1. The van der Waals surface area contributed by atoms with Crippen molar-refractivity contribution in [3.05, 3.63) is 58.6 Å². The van der Waals surface area contributed by atoms with E-state index in [1.165, 1.54) is 10.4 Å². The van der Waals surface area contributed by atoms with E-state index in [0.717, 1.165) is 41.6 Å². The number of halogens is 1. The van der Waals surface area contributed by atoms with E-state index >= 15 is 0 Å². The highest BCUT2D eigenvalue weighted by Crippen LogP contribution is 2.25. The Kier molecular flexibility index (Phi) is 5.60. The Balaban J connectivity index is 1.22. The van der Waals surface area contributed by atoms with Gasteiger partial charge >= 0.3 is 0 Å². The summed E-state index contributed by atoms with van der Waals surface area (Å²) >= 11 is 7.63. The quantitative estimate of drug-likeness (QED) is 0.662. The maximum Gasteiger partial charge on any atom is 0.220 e. The average Bonchev–Trinajstić information content (AvgIpc) is 3.32. The van der Waals surface area contributed by atoms with Gasteiger partial charge in [0.2, 0.25) is 5.91 Å². The smallest absolute Gasteiger partial charge is 0.220 e. The fourth-order valence-electron chi connectivity index (χ4n) is 3.48. The van der Waals surface area contributed by atoms with E-state index < -0.39 is 0 Å². The molecule has 2 heterocycles. The normalized spacial score (nSPS) is 16.8. The third kappa shape index (κ3) is 4.60. The number of aromatic nitrogens is 1. The van der Waals surface area contributed by atoms with E-state index in [0.29, 0.717) is 18.8 Å². The number of hydrogen-bond acceptors (Lipinski definition) is 4. The number of amides is 1. The number of anilines is 1. The van der Waals surface area contributed by atoms with Crippen LogP contribution in [-0.4, -0.2) is 30.5 Å². The molecule has 1 saturated heterocycles. The molecule has 2 aromatic carbocycles. The Morgan fingerprint density at radius 1 is 1.22 bits per heavy atom. The third-order valence-corrected chi connectivity index (χ3v) is 6.32. The number of benzene rings is 2. The van der Waals surface area contributed by atoms with Gasteiger partial charge < -0.3 is 10.2 Å². The van der Waals surface area contributed by atoms with Gasteiger partial charge in [-0.05, 0) is 48.7 Å². The molecule has 0 radical (unpaired) electrons. The first-order valence-electron chi connectivity index (χ1n) is 9.29. The number of thiazole rings is 1. The number of hydrogen-bond donors (Lipinski definition) is 1. The average molecular weight is 400 g/mol. The molecule has 0 aliphatic carbocycles. The van der Waals surface area contributed by atoms with Gasteiger partial charge in [-0.25, -0.2) is 4.98 Å². The van der Waals surface area contributed by atoms with Gasteiger partial charge in [-0.1, -0.05) is 23.7 Å². The minimum atomic E-state index is 0.110. The van der Waals surface area contributed by atoms with Crippen molar-refractivity contribution in [2.45, 2.75) is 19.3 Å². The molecule has 27 heavy (non-hydrogen) atoms. The molecule has 3 aromatic rings. The fourth-order valence-corrected chi connectivity index (χ4v) is 4.57. The zero-order valence-corrected chi connectivity index (χ0v) is 16.6. The van der Waals surface area contributed by atoms with E-state index in [-0.39, 0.29) is 5.91 Å². The summed E-state index contributed by atoms with van der Waals surface area (Å²) in [5.41, 5.74) is 2.22. The molecule has 1 aliphatic heterocycles. The van der Waals surface area contributed by atoms with Crippen LogP contribution in [0.3, 0.4) is 0 Å². The molecule has 1 aliphatic rings. The van der Waals surface area contributed by atoms with Gasteiger partial charge in [-0.3, -0.25) is 4.79 Å². The van der Waals surface area contributed by atoms with Crippen LogP contribution in [0.5, 0.6) is 0 Å². The first kappa shape index (κ1) is 18.3. The largest absolute Gasteiger partial charge is 0.371 e. The highest BCUT2D eigenvalue weighted by molar-refractivity contribution is 7.18. The van der Waals surface area contributed by atoms with Crippen LogP contribution in [-0.2, 0) is 11.2 Å². The van der Waals surface area contributed by atoms with Crippen LogP contribution in [0.2, 0.25) is 5.02 Å². The molecule has 140 valence electrons. The maximum atomic E-state index is 12.2. The SMILES string of the molecule is O=C(CCc1nc2ccccc2s1)NCC1CCN(c2ccc(Cl)cc2)C1. The van der Waals surface area contributed by atoms with Crippen molar-refractivity contribution in [3.8, 4) is 0 Å². The standard InChI is InChI=1S/C21H22ClN3OS/c22-16-5-7-17(8-6-16)25-12-11-15(14-25)13-23-20(26)9-10-21-24-18-3-1-2-4-19(18)27-21/h1-8,15H,9-14H2,(H,23,26). The van der Waals surface area contributed by atoms with Gasteiger partial charge in [-0.15, -0.1) is 11.3 Å². The van der Waals surface area contributed by atoms with Crippen LogP contribution in [0.25, 0.3) is 10.2 Å². The lowest BCUT2D eigenvalue weighted by atomic mass is 10.1. The monoisotopic (exact) mass is 399 g/mol. The van der Waals surface area contributed by atoms with Gasteiger partial charge in [0, 0.05) is 43.2 Å². The van der Waals surface area contributed by atoms with Gasteiger partial charge in [0.25, 0.3) is 0 Å². The van der Waals surface area contributed by atoms with E-state index in [9.17, 15) is 4.79 Å². The zero-order chi connectivity index (χ0) is 18.6. The summed E-state index contributed by atoms with van der Waals surface area (Å²) in [5, 5.41) is 4.89. The molecular weight excluding hydrogens is 378 g/mol. The molecule has 1 amide bonds.